The number of carbonyl (C=O) groups is 1. The van der Waals surface area contributed by atoms with E-state index in [1.165, 1.54) is 0 Å². The van der Waals surface area contributed by atoms with Gasteiger partial charge < -0.3 is 14.0 Å². The first kappa shape index (κ1) is 22.8. The highest BCUT2D eigenvalue weighted by atomic mass is 32.3. The Hall–Kier alpha value is -3.38. The monoisotopic (exact) mass is 487 g/mol. The number of amides is 1. The van der Waals surface area contributed by atoms with E-state index in [1.54, 1.807) is 26.4 Å². The largest absolute Gasteiger partial charge is 0.497 e. The molecule has 1 aromatic heterocycles. The van der Waals surface area contributed by atoms with E-state index in [0.29, 0.717) is 17.1 Å². The molecule has 0 saturated heterocycles. The number of hydrogen-bond acceptors (Lipinski definition) is 8. The van der Waals surface area contributed by atoms with Gasteiger partial charge in [-0.05, 0) is 55.4 Å². The van der Waals surface area contributed by atoms with Crippen molar-refractivity contribution in [2.75, 3.05) is 20.5 Å². The van der Waals surface area contributed by atoms with Crippen LogP contribution in [0, 0.1) is 19.3 Å². The lowest BCUT2D eigenvalue weighted by atomic mass is 10.1. The van der Waals surface area contributed by atoms with Crippen molar-refractivity contribution < 1.29 is 22.7 Å². The van der Waals surface area contributed by atoms with Gasteiger partial charge in [-0.2, -0.15) is 10.0 Å². The fourth-order valence-electron chi connectivity index (χ4n) is 3.56. The smallest absolute Gasteiger partial charge is 0.283 e. The first-order valence-corrected chi connectivity index (χ1v) is 12.4. The van der Waals surface area contributed by atoms with E-state index in [4.69, 9.17) is 14.9 Å². The summed E-state index contributed by atoms with van der Waals surface area (Å²) in [4.78, 5) is 16.6. The molecule has 2 aromatic rings. The third-order valence-corrected chi connectivity index (χ3v) is 7.73. The number of nitrogens with zero attached hydrogens (tertiary/aromatic N) is 4. The number of carbonyl (C=O) groups excluding carboxylic acids is 1. The summed E-state index contributed by atoms with van der Waals surface area (Å²) >= 11 is 0.751. The van der Waals surface area contributed by atoms with Crippen molar-refractivity contribution in [2.45, 2.75) is 13.8 Å². The Morgan fingerprint density at radius 3 is 2.52 bits per heavy atom. The van der Waals surface area contributed by atoms with E-state index >= 15 is 0 Å². The zero-order valence-electron chi connectivity index (χ0n) is 18.5. The Kier molecular flexibility index (Phi) is 5.66. The lowest BCUT2D eigenvalue weighted by molar-refractivity contribution is -0.114. The molecule has 0 atom stereocenters. The summed E-state index contributed by atoms with van der Waals surface area (Å²) < 4.78 is 36.3. The number of fused-ring (bicyclic) bond motifs is 1. The van der Waals surface area contributed by atoms with Crippen molar-refractivity contribution >= 4 is 49.0 Å². The molecule has 0 radical (unpaired) electrons. The summed E-state index contributed by atoms with van der Waals surface area (Å²) in [5.41, 5.74) is 3.15. The number of aliphatic imine (C=N–C) groups is 1. The van der Waals surface area contributed by atoms with Crippen LogP contribution in [0.1, 0.15) is 17.0 Å². The maximum atomic E-state index is 12.7. The van der Waals surface area contributed by atoms with Crippen molar-refractivity contribution in [1.82, 2.24) is 9.58 Å². The maximum Gasteiger partial charge on any atom is 0.283 e. The van der Waals surface area contributed by atoms with Gasteiger partial charge in [0.2, 0.25) is 19.4 Å². The molecule has 1 aromatic carbocycles. The Morgan fingerprint density at radius 2 is 1.88 bits per heavy atom. The molecule has 4 rings (SSSR count). The van der Waals surface area contributed by atoms with Gasteiger partial charge in [0.1, 0.15) is 11.5 Å². The van der Waals surface area contributed by atoms with Gasteiger partial charge in [0.25, 0.3) is 5.91 Å². The van der Waals surface area contributed by atoms with Gasteiger partial charge in [0.05, 0.1) is 25.5 Å². The van der Waals surface area contributed by atoms with Gasteiger partial charge in [-0.3, -0.25) is 10.2 Å². The number of aromatic nitrogens is 1. The molecule has 3 heterocycles. The molecule has 0 saturated carbocycles. The van der Waals surface area contributed by atoms with Gasteiger partial charge in [-0.15, -0.1) is 5.10 Å². The van der Waals surface area contributed by atoms with E-state index < -0.39 is 15.7 Å². The number of methoxy groups -OCH3 is 2. The summed E-state index contributed by atoms with van der Waals surface area (Å²) in [7, 11) is -0.426. The molecule has 2 aliphatic heterocycles. The normalized spacial score (nSPS) is 17.2. The fourth-order valence-corrected chi connectivity index (χ4v) is 5.24. The molecule has 0 aliphatic carbocycles. The van der Waals surface area contributed by atoms with E-state index in [0.717, 1.165) is 40.1 Å². The van der Waals surface area contributed by atoms with Crippen LogP contribution in [0.15, 0.2) is 39.9 Å². The van der Waals surface area contributed by atoms with Gasteiger partial charge in [0.15, 0.2) is 5.84 Å². The molecule has 2 aliphatic rings. The quantitative estimate of drug-likeness (QED) is 0.657. The zero-order chi connectivity index (χ0) is 24.1. The Bertz CT molecular complexity index is 1400. The fraction of sp³-hybridized carbons (Fsp3) is 0.238. The average molecular weight is 488 g/mol. The first-order valence-electron chi connectivity index (χ1n) is 9.66. The second-order valence-electron chi connectivity index (χ2n) is 7.36. The van der Waals surface area contributed by atoms with Crippen molar-refractivity contribution in [3.63, 3.8) is 0 Å². The van der Waals surface area contributed by atoms with Crippen molar-refractivity contribution in [2.24, 2.45) is 10.1 Å². The van der Waals surface area contributed by atoms with Crippen LogP contribution < -0.4 is 9.47 Å². The second-order valence-corrected chi connectivity index (χ2v) is 10.5. The number of hydrazone groups is 1. The summed E-state index contributed by atoms with van der Waals surface area (Å²) in [5.74, 6) is 0.437. The van der Waals surface area contributed by atoms with Crippen molar-refractivity contribution in [3.05, 3.63) is 46.8 Å². The molecule has 0 fully saturated rings. The minimum Gasteiger partial charge on any atom is -0.497 e. The molecule has 0 spiro atoms. The van der Waals surface area contributed by atoms with Crippen LogP contribution in [0.25, 0.3) is 11.8 Å². The van der Waals surface area contributed by atoms with Crippen LogP contribution in [0.2, 0.25) is 0 Å². The number of nitrogens with one attached hydrogen (secondary N) is 1. The molecule has 172 valence electrons. The number of aryl methyl sites for hydroxylation is 1. The van der Waals surface area contributed by atoms with E-state index in [1.807, 2.05) is 36.6 Å². The van der Waals surface area contributed by atoms with Crippen LogP contribution >= 0.6 is 11.8 Å². The van der Waals surface area contributed by atoms with E-state index in [-0.39, 0.29) is 21.0 Å². The number of hydrogen-bond donors (Lipinski definition) is 1. The van der Waals surface area contributed by atoms with Crippen LogP contribution in [-0.4, -0.2) is 59.8 Å². The third-order valence-electron chi connectivity index (χ3n) is 5.15. The number of benzene rings is 1. The summed E-state index contributed by atoms with van der Waals surface area (Å²) in [6.45, 7) is 3.80. The van der Waals surface area contributed by atoms with Gasteiger partial charge in [-0.25, -0.2) is 8.42 Å². The van der Waals surface area contributed by atoms with Crippen LogP contribution in [0.4, 0.5) is 0 Å². The highest BCUT2D eigenvalue weighted by Gasteiger charge is 2.38. The number of sulfone groups is 1. The predicted molar refractivity (Wildman–Crippen MR) is 128 cm³/mol. The SMILES string of the molecule is COc1ccc(OC)c(-n2c(C)cc(/C=C3/C(=N)N4N=C(S(C)(=O)=O)SC4=NC3=O)c2C)c1. The van der Waals surface area contributed by atoms with Crippen LogP contribution in [0.3, 0.4) is 0 Å². The molecular weight excluding hydrogens is 466 g/mol. The minimum absolute atomic E-state index is 0.00992. The van der Waals surface area contributed by atoms with Gasteiger partial charge >= 0.3 is 0 Å². The van der Waals surface area contributed by atoms with Crippen LogP contribution in [0.5, 0.6) is 11.5 Å². The average Bonchev–Trinajstić information content (AvgIpc) is 3.31. The number of thioether (sulfide) groups is 1. The topological polar surface area (TPSA) is 126 Å². The minimum atomic E-state index is -3.59. The zero-order valence-corrected chi connectivity index (χ0v) is 20.2. The molecule has 0 unspecified atom stereocenters. The van der Waals surface area contributed by atoms with Gasteiger partial charge in [0, 0.05) is 23.7 Å². The Morgan fingerprint density at radius 1 is 1.15 bits per heavy atom. The van der Waals surface area contributed by atoms with E-state index in [9.17, 15) is 13.2 Å². The lowest BCUT2D eigenvalue weighted by Crippen LogP contribution is -2.35. The molecule has 33 heavy (non-hydrogen) atoms. The maximum absolute atomic E-state index is 12.7. The highest BCUT2D eigenvalue weighted by molar-refractivity contribution is 8.42. The molecule has 1 amide bonds. The molecule has 1 N–H and O–H groups in total. The summed E-state index contributed by atoms with van der Waals surface area (Å²) in [5, 5.41) is 13.5. The molecule has 0 bridgehead atoms. The highest BCUT2D eigenvalue weighted by Crippen LogP contribution is 2.34. The van der Waals surface area contributed by atoms with Crippen molar-refractivity contribution in [1.29, 1.82) is 5.41 Å². The Balaban J connectivity index is 1.79. The van der Waals surface area contributed by atoms with E-state index in [2.05, 4.69) is 10.1 Å². The first-order chi connectivity index (χ1) is 15.5. The molecular formula is C21H21N5O5S2. The van der Waals surface area contributed by atoms with Crippen LogP contribution in [-0.2, 0) is 14.6 Å². The number of amidine groups is 2. The Labute approximate surface area is 195 Å². The lowest BCUT2D eigenvalue weighted by Gasteiger charge is -2.20. The predicted octanol–water partition coefficient (Wildman–Crippen LogP) is 2.73. The van der Waals surface area contributed by atoms with Gasteiger partial charge in [-0.1, -0.05) is 0 Å². The number of rotatable bonds is 4. The number of ether oxygens (including phenoxy) is 2. The molecule has 12 heteroatoms. The molecule has 10 nitrogen and oxygen atoms in total. The standard InChI is InChI=1S/C21H21N5O5S2/c1-11-8-13(12(2)25(11)16-10-14(30-3)6-7-17(16)31-4)9-15-18(22)26-20(23-19(15)27)32-21(24-26)33(5,28)29/h6-10,22H,1-5H3/b15-9-,22-18?. The third kappa shape index (κ3) is 3.95. The summed E-state index contributed by atoms with van der Waals surface area (Å²) in [6.07, 6.45) is 2.58. The van der Waals surface area contributed by atoms with Crippen molar-refractivity contribution in [3.8, 4) is 17.2 Å². The second kappa shape index (κ2) is 8.19. The summed E-state index contributed by atoms with van der Waals surface area (Å²) in [6, 6.07) is 7.34.